The van der Waals surface area contributed by atoms with Crippen LogP contribution in [0.4, 0.5) is 0 Å². The standard InChI is InChI=1S/C16H17N5O3S/c1-8-6-10(12-13(19-8)21(3)16(24)20-15(12)23)14(22)17-5-4-11-18-9(2)7-25-11/h6-7H,4-5H2,1-3H3,(H,17,22)(H,20,23,24). The maximum atomic E-state index is 12.6. The van der Waals surface area contributed by atoms with Crippen molar-refractivity contribution in [2.24, 2.45) is 7.05 Å². The van der Waals surface area contributed by atoms with Gasteiger partial charge in [-0.1, -0.05) is 0 Å². The van der Waals surface area contributed by atoms with Gasteiger partial charge >= 0.3 is 5.69 Å². The highest BCUT2D eigenvalue weighted by Crippen LogP contribution is 2.13. The molecule has 9 heteroatoms. The zero-order valence-corrected chi connectivity index (χ0v) is 14.9. The van der Waals surface area contributed by atoms with E-state index in [-0.39, 0.29) is 22.5 Å². The molecule has 0 radical (unpaired) electrons. The van der Waals surface area contributed by atoms with Crippen LogP contribution in [0.25, 0.3) is 11.0 Å². The van der Waals surface area contributed by atoms with Crippen molar-refractivity contribution in [3.8, 4) is 0 Å². The van der Waals surface area contributed by atoms with Crippen molar-refractivity contribution in [1.82, 2.24) is 24.8 Å². The third kappa shape index (κ3) is 3.36. The quantitative estimate of drug-likeness (QED) is 0.711. The van der Waals surface area contributed by atoms with Crippen molar-refractivity contribution >= 4 is 28.3 Å². The SMILES string of the molecule is Cc1csc(CCNC(=O)c2cc(C)nc3c2c(=O)[nH]c(=O)n3C)n1. The Morgan fingerprint density at radius 1 is 1.28 bits per heavy atom. The summed E-state index contributed by atoms with van der Waals surface area (Å²) in [4.78, 5) is 47.3. The fraction of sp³-hybridized carbons (Fsp3) is 0.312. The maximum Gasteiger partial charge on any atom is 0.329 e. The van der Waals surface area contributed by atoms with E-state index < -0.39 is 11.2 Å². The second-order valence-corrected chi connectivity index (χ2v) is 6.66. The Kier molecular flexibility index (Phi) is 4.49. The van der Waals surface area contributed by atoms with E-state index in [9.17, 15) is 14.4 Å². The molecule has 0 aliphatic heterocycles. The van der Waals surface area contributed by atoms with Gasteiger partial charge in [-0.15, -0.1) is 11.3 Å². The van der Waals surface area contributed by atoms with Gasteiger partial charge in [-0.2, -0.15) is 0 Å². The number of hydrogen-bond acceptors (Lipinski definition) is 6. The normalized spacial score (nSPS) is 11.0. The van der Waals surface area contributed by atoms with Gasteiger partial charge in [0.1, 0.15) is 5.65 Å². The van der Waals surface area contributed by atoms with E-state index in [1.165, 1.54) is 11.6 Å². The number of hydrogen-bond donors (Lipinski definition) is 2. The van der Waals surface area contributed by atoms with Crippen LogP contribution < -0.4 is 16.6 Å². The molecule has 0 aliphatic rings. The van der Waals surface area contributed by atoms with Crippen molar-refractivity contribution in [2.45, 2.75) is 20.3 Å². The summed E-state index contributed by atoms with van der Waals surface area (Å²) in [6, 6.07) is 1.55. The van der Waals surface area contributed by atoms with E-state index in [0.29, 0.717) is 18.7 Å². The Morgan fingerprint density at radius 2 is 2.04 bits per heavy atom. The number of carbonyl (C=O) groups excluding carboxylic acids is 1. The largest absolute Gasteiger partial charge is 0.352 e. The van der Waals surface area contributed by atoms with Crippen LogP contribution in [-0.2, 0) is 13.5 Å². The first kappa shape index (κ1) is 17.0. The zero-order valence-electron chi connectivity index (χ0n) is 14.0. The number of carbonyl (C=O) groups is 1. The summed E-state index contributed by atoms with van der Waals surface area (Å²) in [7, 11) is 1.50. The molecule has 2 N–H and O–H groups in total. The highest BCUT2D eigenvalue weighted by molar-refractivity contribution is 7.09. The number of nitrogens with one attached hydrogen (secondary N) is 2. The van der Waals surface area contributed by atoms with Gasteiger partial charge in [0.2, 0.25) is 0 Å². The molecule has 3 heterocycles. The maximum absolute atomic E-state index is 12.6. The van der Waals surface area contributed by atoms with E-state index in [2.05, 4.69) is 20.3 Å². The molecule has 8 nitrogen and oxygen atoms in total. The minimum Gasteiger partial charge on any atom is -0.352 e. The Balaban J connectivity index is 1.92. The van der Waals surface area contributed by atoms with Crippen LogP contribution in [0.15, 0.2) is 21.0 Å². The number of aryl methyl sites for hydroxylation is 3. The van der Waals surface area contributed by atoms with Gasteiger partial charge in [-0.25, -0.2) is 14.8 Å². The highest BCUT2D eigenvalue weighted by Gasteiger charge is 2.17. The lowest BCUT2D eigenvalue weighted by Gasteiger charge is -2.10. The molecule has 130 valence electrons. The lowest BCUT2D eigenvalue weighted by molar-refractivity contribution is 0.0955. The van der Waals surface area contributed by atoms with E-state index in [1.54, 1.807) is 24.3 Å². The molecule has 1 amide bonds. The second kappa shape index (κ2) is 6.60. The van der Waals surface area contributed by atoms with Crippen LogP contribution in [0, 0.1) is 13.8 Å². The number of H-pyrrole nitrogens is 1. The minimum atomic E-state index is -0.619. The average Bonchev–Trinajstić information content (AvgIpc) is 2.97. The number of thiazole rings is 1. The van der Waals surface area contributed by atoms with E-state index in [4.69, 9.17) is 0 Å². The van der Waals surface area contributed by atoms with Crippen molar-refractivity contribution in [2.75, 3.05) is 6.54 Å². The van der Waals surface area contributed by atoms with Gasteiger partial charge in [0, 0.05) is 36.8 Å². The zero-order chi connectivity index (χ0) is 18.1. The third-order valence-electron chi connectivity index (χ3n) is 3.73. The Labute approximate surface area is 146 Å². The number of nitrogens with zero attached hydrogens (tertiary/aromatic N) is 3. The summed E-state index contributed by atoms with van der Waals surface area (Å²) >= 11 is 1.54. The van der Waals surface area contributed by atoms with Crippen molar-refractivity contribution < 1.29 is 4.79 Å². The van der Waals surface area contributed by atoms with Crippen molar-refractivity contribution in [1.29, 1.82) is 0 Å². The molecule has 0 bridgehead atoms. The number of aromatic nitrogens is 4. The fourth-order valence-corrected chi connectivity index (χ4v) is 3.31. The lowest BCUT2D eigenvalue weighted by atomic mass is 10.1. The smallest absolute Gasteiger partial charge is 0.329 e. The molecule has 3 aromatic heterocycles. The summed E-state index contributed by atoms with van der Waals surface area (Å²) in [6.07, 6.45) is 0.612. The first-order valence-electron chi connectivity index (χ1n) is 7.66. The first-order chi connectivity index (χ1) is 11.9. The first-order valence-corrected chi connectivity index (χ1v) is 8.54. The van der Waals surface area contributed by atoms with Gasteiger partial charge < -0.3 is 5.32 Å². The number of aromatic amines is 1. The predicted octanol–water partition coefficient (Wildman–Crippen LogP) is 0.668. The summed E-state index contributed by atoms with van der Waals surface area (Å²) in [5, 5.41) is 5.80. The van der Waals surface area contributed by atoms with Crippen LogP contribution in [0.2, 0.25) is 0 Å². The van der Waals surface area contributed by atoms with Gasteiger partial charge in [0.25, 0.3) is 11.5 Å². The lowest BCUT2D eigenvalue weighted by Crippen LogP contribution is -2.32. The van der Waals surface area contributed by atoms with Gasteiger partial charge in [-0.3, -0.25) is 19.1 Å². The number of amides is 1. The van der Waals surface area contributed by atoms with Crippen molar-refractivity contribution in [3.63, 3.8) is 0 Å². The topological polar surface area (TPSA) is 110 Å². The summed E-state index contributed by atoms with van der Waals surface area (Å²) in [6.45, 7) is 4.03. The Bertz CT molecular complexity index is 1080. The molecule has 0 fully saturated rings. The summed E-state index contributed by atoms with van der Waals surface area (Å²) < 4.78 is 1.22. The van der Waals surface area contributed by atoms with E-state index >= 15 is 0 Å². The molecule has 0 atom stereocenters. The molecular weight excluding hydrogens is 342 g/mol. The Morgan fingerprint density at radius 3 is 2.72 bits per heavy atom. The number of rotatable bonds is 4. The monoisotopic (exact) mass is 359 g/mol. The Hall–Kier alpha value is -2.81. The van der Waals surface area contributed by atoms with Crippen molar-refractivity contribution in [3.05, 3.63) is 54.2 Å². The molecule has 25 heavy (non-hydrogen) atoms. The number of fused-ring (bicyclic) bond motifs is 1. The van der Waals surface area contributed by atoms with Crippen LogP contribution in [0.5, 0.6) is 0 Å². The highest BCUT2D eigenvalue weighted by atomic mass is 32.1. The molecule has 0 aliphatic carbocycles. The fourth-order valence-electron chi connectivity index (χ4n) is 2.54. The van der Waals surface area contributed by atoms with Crippen LogP contribution >= 0.6 is 11.3 Å². The molecule has 3 aromatic rings. The van der Waals surface area contributed by atoms with E-state index in [1.807, 2.05) is 12.3 Å². The van der Waals surface area contributed by atoms with Crippen LogP contribution in [0.3, 0.4) is 0 Å². The summed E-state index contributed by atoms with van der Waals surface area (Å²) in [5.74, 6) is -0.382. The minimum absolute atomic E-state index is 0.107. The predicted molar refractivity (Wildman–Crippen MR) is 95.2 cm³/mol. The molecule has 0 saturated carbocycles. The molecule has 0 saturated heterocycles. The molecule has 3 rings (SSSR count). The van der Waals surface area contributed by atoms with Gasteiger partial charge in [0.05, 0.1) is 16.0 Å². The van der Waals surface area contributed by atoms with Crippen LogP contribution in [-0.4, -0.2) is 32.0 Å². The molecule has 0 unspecified atom stereocenters. The number of pyridine rings is 1. The molecule has 0 aromatic carbocycles. The molecule has 0 spiro atoms. The average molecular weight is 359 g/mol. The summed E-state index contributed by atoms with van der Waals surface area (Å²) in [5.41, 5.74) is 0.708. The van der Waals surface area contributed by atoms with E-state index in [0.717, 1.165) is 10.7 Å². The van der Waals surface area contributed by atoms with Gasteiger partial charge in [0.15, 0.2) is 0 Å². The van der Waals surface area contributed by atoms with Gasteiger partial charge in [-0.05, 0) is 19.9 Å². The van der Waals surface area contributed by atoms with Crippen LogP contribution in [0.1, 0.15) is 26.8 Å². The third-order valence-corrected chi connectivity index (χ3v) is 4.76. The second-order valence-electron chi connectivity index (χ2n) is 5.72. The molecular formula is C16H17N5O3S.